The van der Waals surface area contributed by atoms with Crippen LogP contribution in [0.1, 0.15) is 55.9 Å². The number of benzene rings is 1. The van der Waals surface area contributed by atoms with E-state index in [0.29, 0.717) is 48.3 Å². The van der Waals surface area contributed by atoms with Gasteiger partial charge in [-0.15, -0.1) is 0 Å². The molecule has 0 atom stereocenters. The molecule has 4 aromatic rings. The van der Waals surface area contributed by atoms with Crippen LogP contribution in [0, 0.1) is 6.92 Å². The average Bonchev–Trinajstić information content (AvgIpc) is 3.51. The maximum Gasteiger partial charge on any atom is 0.407 e. The zero-order valence-corrected chi connectivity index (χ0v) is 23.8. The molecular weight excluding hydrogens is 512 g/mol. The van der Waals surface area contributed by atoms with Crippen LogP contribution in [0.5, 0.6) is 5.75 Å². The van der Waals surface area contributed by atoms with Crippen LogP contribution in [-0.4, -0.2) is 70.7 Å². The summed E-state index contributed by atoms with van der Waals surface area (Å²) < 4.78 is 8.87. The van der Waals surface area contributed by atoms with Gasteiger partial charge in [-0.25, -0.2) is 14.8 Å². The van der Waals surface area contributed by atoms with Crippen LogP contribution in [0.3, 0.4) is 0 Å². The van der Waals surface area contributed by atoms with Gasteiger partial charge in [0.25, 0.3) is 5.91 Å². The fraction of sp³-hybridized carbons (Fsp3) is 0.429. The lowest BCUT2D eigenvalue weighted by Crippen LogP contribution is -2.33. The number of rotatable bonds is 9. The number of alkyl carbamates (subject to hydrolysis) is 1. The van der Waals surface area contributed by atoms with Crippen LogP contribution in [0.2, 0.25) is 0 Å². The fourth-order valence-electron chi connectivity index (χ4n) is 4.22. The largest absolute Gasteiger partial charge is 0.508 e. The highest BCUT2D eigenvalue weighted by Crippen LogP contribution is 2.26. The number of amides is 2. The van der Waals surface area contributed by atoms with Gasteiger partial charge in [0.05, 0.1) is 23.5 Å². The van der Waals surface area contributed by atoms with Gasteiger partial charge in [-0.05, 0) is 59.2 Å². The predicted molar refractivity (Wildman–Crippen MR) is 150 cm³/mol. The summed E-state index contributed by atoms with van der Waals surface area (Å²) >= 11 is 0. The van der Waals surface area contributed by atoms with Crippen molar-refractivity contribution in [1.29, 1.82) is 0 Å². The fourth-order valence-corrected chi connectivity index (χ4v) is 4.22. The molecule has 40 heavy (non-hydrogen) atoms. The van der Waals surface area contributed by atoms with E-state index in [1.807, 2.05) is 39.3 Å². The highest BCUT2D eigenvalue weighted by molar-refractivity contribution is 6.05. The number of aryl methyl sites for hydroxylation is 2. The Balaban J connectivity index is 1.52. The third kappa shape index (κ3) is 6.74. The molecular formula is C28H36N8O4. The highest BCUT2D eigenvalue weighted by atomic mass is 16.6. The average molecular weight is 549 g/mol. The van der Waals surface area contributed by atoms with Crippen molar-refractivity contribution in [3.63, 3.8) is 0 Å². The lowest BCUT2D eigenvalue weighted by atomic mass is 10.1. The van der Waals surface area contributed by atoms with E-state index in [1.54, 1.807) is 41.3 Å². The number of aromatic nitrogens is 6. The van der Waals surface area contributed by atoms with E-state index in [9.17, 15) is 14.7 Å². The quantitative estimate of drug-likeness (QED) is 0.300. The number of carbonyl (C=O) groups is 2. The number of ether oxygens (including phenoxy) is 1. The SMILES string of the molecule is CCn1ncc(CN(C)C(=O)c2nc(-c3cnn(CCCNC(=O)OC(C)(C)C)c3)nc3ccc(O)cc23)c1C. The lowest BCUT2D eigenvalue weighted by molar-refractivity contribution is 0.0526. The van der Waals surface area contributed by atoms with E-state index < -0.39 is 11.7 Å². The lowest BCUT2D eigenvalue weighted by Gasteiger charge is -2.19. The van der Waals surface area contributed by atoms with Crippen molar-refractivity contribution >= 4 is 22.9 Å². The van der Waals surface area contributed by atoms with Crippen LogP contribution in [-0.2, 0) is 24.4 Å². The number of fused-ring (bicyclic) bond motifs is 1. The van der Waals surface area contributed by atoms with Crippen molar-refractivity contribution in [2.24, 2.45) is 0 Å². The van der Waals surface area contributed by atoms with Gasteiger partial charge in [-0.1, -0.05) is 0 Å². The molecule has 0 spiro atoms. The summed E-state index contributed by atoms with van der Waals surface area (Å²) in [5.41, 5.74) is 2.76. The second-order valence-corrected chi connectivity index (χ2v) is 10.6. The van der Waals surface area contributed by atoms with Crippen LogP contribution in [0.15, 0.2) is 36.8 Å². The minimum atomic E-state index is -0.550. The molecule has 0 unspecified atom stereocenters. The molecule has 12 heteroatoms. The van der Waals surface area contributed by atoms with E-state index in [4.69, 9.17) is 4.74 Å². The topological polar surface area (TPSA) is 140 Å². The normalized spacial score (nSPS) is 11.6. The first-order chi connectivity index (χ1) is 18.9. The van der Waals surface area contributed by atoms with Gasteiger partial charge >= 0.3 is 6.09 Å². The number of aromatic hydroxyl groups is 1. The second kappa shape index (κ2) is 11.7. The Morgan fingerprint density at radius 1 is 1.15 bits per heavy atom. The number of phenolic OH excluding ortho intramolecular Hbond substituents is 1. The predicted octanol–water partition coefficient (Wildman–Crippen LogP) is 3.91. The maximum atomic E-state index is 13.6. The zero-order valence-electron chi connectivity index (χ0n) is 23.8. The van der Waals surface area contributed by atoms with E-state index in [0.717, 1.165) is 17.8 Å². The summed E-state index contributed by atoms with van der Waals surface area (Å²) in [6.45, 7) is 11.5. The van der Waals surface area contributed by atoms with Crippen molar-refractivity contribution in [2.75, 3.05) is 13.6 Å². The third-order valence-corrected chi connectivity index (χ3v) is 6.26. The molecule has 3 aromatic heterocycles. The van der Waals surface area contributed by atoms with Gasteiger partial charge in [0.2, 0.25) is 0 Å². The van der Waals surface area contributed by atoms with E-state index in [1.165, 1.54) is 12.1 Å². The van der Waals surface area contributed by atoms with Gasteiger partial charge in [-0.3, -0.25) is 14.2 Å². The van der Waals surface area contributed by atoms with E-state index >= 15 is 0 Å². The third-order valence-electron chi connectivity index (χ3n) is 6.26. The summed E-state index contributed by atoms with van der Waals surface area (Å²) in [4.78, 5) is 36.3. The van der Waals surface area contributed by atoms with Crippen molar-refractivity contribution < 1.29 is 19.4 Å². The molecule has 0 aliphatic carbocycles. The van der Waals surface area contributed by atoms with E-state index in [-0.39, 0.29) is 17.4 Å². The first kappa shape index (κ1) is 28.5. The van der Waals surface area contributed by atoms with Crippen LogP contribution < -0.4 is 5.32 Å². The molecule has 0 fully saturated rings. The van der Waals surface area contributed by atoms with Crippen LogP contribution >= 0.6 is 0 Å². The van der Waals surface area contributed by atoms with Crippen molar-refractivity contribution in [3.8, 4) is 17.1 Å². The molecule has 0 aliphatic rings. The van der Waals surface area contributed by atoms with Crippen LogP contribution in [0.25, 0.3) is 22.3 Å². The molecule has 0 saturated heterocycles. The molecule has 3 heterocycles. The Morgan fingerprint density at radius 3 is 2.62 bits per heavy atom. The number of hydrogen-bond donors (Lipinski definition) is 2. The summed E-state index contributed by atoms with van der Waals surface area (Å²) in [6, 6.07) is 4.69. The second-order valence-electron chi connectivity index (χ2n) is 10.6. The first-order valence-electron chi connectivity index (χ1n) is 13.2. The molecule has 4 rings (SSSR count). The summed E-state index contributed by atoms with van der Waals surface area (Å²) in [5, 5.41) is 22.1. The monoisotopic (exact) mass is 548 g/mol. The Kier molecular flexibility index (Phi) is 8.36. The molecule has 12 nitrogen and oxygen atoms in total. The van der Waals surface area contributed by atoms with Gasteiger partial charge in [0.1, 0.15) is 17.0 Å². The molecule has 0 saturated carbocycles. The molecule has 2 amide bonds. The number of nitrogens with one attached hydrogen (secondary N) is 1. The van der Waals surface area contributed by atoms with E-state index in [2.05, 4.69) is 25.5 Å². The van der Waals surface area contributed by atoms with Crippen molar-refractivity contribution in [3.05, 3.63) is 53.7 Å². The number of hydrogen-bond acceptors (Lipinski definition) is 8. The molecule has 0 radical (unpaired) electrons. The molecule has 212 valence electrons. The minimum Gasteiger partial charge on any atom is -0.508 e. The molecule has 2 N–H and O–H groups in total. The summed E-state index contributed by atoms with van der Waals surface area (Å²) in [7, 11) is 1.71. The van der Waals surface area contributed by atoms with Gasteiger partial charge in [0.15, 0.2) is 5.82 Å². The van der Waals surface area contributed by atoms with Crippen molar-refractivity contribution in [1.82, 2.24) is 39.7 Å². The standard InChI is InChI=1S/C28H36N8O4/c1-7-36-18(2)19(14-31-36)16-34(6)26(38)24-22-13-21(37)9-10-23(22)32-25(33-24)20-15-30-35(17-20)12-8-11-29-27(39)40-28(3,4)5/h9-10,13-15,17,37H,7-8,11-12,16H2,1-6H3,(H,29,39). The number of carbonyl (C=O) groups excluding carboxylic acids is 2. The smallest absolute Gasteiger partial charge is 0.407 e. The number of phenols is 1. The molecule has 0 bridgehead atoms. The van der Waals surface area contributed by atoms with Crippen molar-refractivity contribution in [2.45, 2.75) is 66.3 Å². The summed E-state index contributed by atoms with van der Waals surface area (Å²) in [5.74, 6) is 0.0694. The minimum absolute atomic E-state index is 0.0217. The Labute approximate surface area is 233 Å². The zero-order chi connectivity index (χ0) is 29.0. The maximum absolute atomic E-state index is 13.6. The van der Waals surface area contributed by atoms with Gasteiger partial charge in [0, 0.05) is 56.1 Å². The first-order valence-corrected chi connectivity index (χ1v) is 13.2. The van der Waals surface area contributed by atoms with Gasteiger partial charge in [-0.2, -0.15) is 10.2 Å². The van der Waals surface area contributed by atoms with Gasteiger partial charge < -0.3 is 20.1 Å². The molecule has 0 aliphatic heterocycles. The Bertz CT molecular complexity index is 1520. The number of nitrogens with zero attached hydrogens (tertiary/aromatic N) is 7. The van der Waals surface area contributed by atoms with Crippen LogP contribution in [0.4, 0.5) is 4.79 Å². The Hall–Kier alpha value is -4.48. The summed E-state index contributed by atoms with van der Waals surface area (Å²) in [6.07, 6.45) is 5.40. The Morgan fingerprint density at radius 2 is 1.93 bits per heavy atom. The highest BCUT2D eigenvalue weighted by Gasteiger charge is 2.22. The molecule has 1 aromatic carbocycles.